The lowest BCUT2D eigenvalue weighted by Crippen LogP contribution is -2.30. The Bertz CT molecular complexity index is 297. The van der Waals surface area contributed by atoms with Gasteiger partial charge in [0.15, 0.2) is 0 Å². The van der Waals surface area contributed by atoms with Crippen molar-refractivity contribution >= 4 is 11.9 Å². The van der Waals surface area contributed by atoms with Gasteiger partial charge < -0.3 is 9.47 Å². The average molecular weight is 270 g/mol. The number of ether oxygens (including phenoxy) is 2. The van der Waals surface area contributed by atoms with Crippen LogP contribution < -0.4 is 0 Å². The van der Waals surface area contributed by atoms with Gasteiger partial charge in [-0.1, -0.05) is 33.4 Å². The third-order valence-electron chi connectivity index (χ3n) is 2.87. The highest BCUT2D eigenvalue weighted by atomic mass is 16.6. The summed E-state index contributed by atoms with van der Waals surface area (Å²) in [5.74, 6) is -0.0375. The number of carbonyl (C=O) groups excluding carboxylic acids is 2. The van der Waals surface area contributed by atoms with Crippen molar-refractivity contribution in [3.05, 3.63) is 12.7 Å². The summed E-state index contributed by atoms with van der Waals surface area (Å²) in [4.78, 5) is 22.8. The fourth-order valence-corrected chi connectivity index (χ4v) is 2.08. The molecule has 0 heterocycles. The van der Waals surface area contributed by atoms with E-state index in [0.29, 0.717) is 5.92 Å². The average Bonchev–Trinajstić information content (AvgIpc) is 2.31. The molecule has 0 fully saturated rings. The molecule has 0 aliphatic rings. The third-order valence-corrected chi connectivity index (χ3v) is 2.87. The fourth-order valence-electron chi connectivity index (χ4n) is 2.08. The number of hydrogen-bond donors (Lipinski definition) is 0. The molecule has 19 heavy (non-hydrogen) atoms. The van der Waals surface area contributed by atoms with Gasteiger partial charge >= 0.3 is 11.9 Å². The van der Waals surface area contributed by atoms with E-state index in [1.54, 1.807) is 0 Å². The third kappa shape index (κ3) is 8.41. The number of carbonyl (C=O) groups is 2. The van der Waals surface area contributed by atoms with Gasteiger partial charge in [0.2, 0.25) is 0 Å². The van der Waals surface area contributed by atoms with Crippen LogP contribution in [0.25, 0.3) is 0 Å². The Morgan fingerprint density at radius 2 is 1.95 bits per heavy atom. The van der Waals surface area contributed by atoms with Gasteiger partial charge in [-0.2, -0.15) is 0 Å². The fraction of sp³-hybridized carbons (Fsp3) is 0.733. The molecule has 110 valence electrons. The van der Waals surface area contributed by atoms with E-state index in [4.69, 9.17) is 9.47 Å². The van der Waals surface area contributed by atoms with Gasteiger partial charge in [-0.25, -0.2) is 0 Å². The molecule has 0 spiro atoms. The molecule has 0 saturated carbocycles. The molecule has 0 aromatic heterocycles. The van der Waals surface area contributed by atoms with E-state index < -0.39 is 6.10 Å². The van der Waals surface area contributed by atoms with Crippen molar-refractivity contribution in [2.45, 2.75) is 53.1 Å². The van der Waals surface area contributed by atoms with Crippen molar-refractivity contribution in [2.24, 2.45) is 11.8 Å². The van der Waals surface area contributed by atoms with Crippen molar-refractivity contribution < 1.29 is 19.1 Å². The smallest absolute Gasteiger partial charge is 0.309 e. The number of rotatable bonds is 9. The van der Waals surface area contributed by atoms with E-state index >= 15 is 0 Å². The van der Waals surface area contributed by atoms with Gasteiger partial charge in [0.05, 0.1) is 6.42 Å². The lowest BCUT2D eigenvalue weighted by molar-refractivity contribution is -0.156. The number of esters is 2. The molecule has 0 radical (unpaired) electrons. The maximum atomic E-state index is 11.6. The van der Waals surface area contributed by atoms with Gasteiger partial charge in [0.1, 0.15) is 12.7 Å². The minimum absolute atomic E-state index is 0.110. The summed E-state index contributed by atoms with van der Waals surface area (Å²) in [6, 6.07) is 0. The minimum atomic E-state index is -0.401. The topological polar surface area (TPSA) is 52.6 Å². The van der Waals surface area contributed by atoms with E-state index in [1.807, 2.05) is 6.92 Å². The van der Waals surface area contributed by atoms with Crippen LogP contribution in [0.4, 0.5) is 0 Å². The van der Waals surface area contributed by atoms with Crippen LogP contribution in [-0.4, -0.2) is 24.6 Å². The van der Waals surface area contributed by atoms with Crippen molar-refractivity contribution in [1.29, 1.82) is 0 Å². The van der Waals surface area contributed by atoms with E-state index in [9.17, 15) is 9.59 Å². The highest BCUT2D eigenvalue weighted by molar-refractivity contribution is 5.71. The molecule has 0 aliphatic heterocycles. The van der Waals surface area contributed by atoms with Gasteiger partial charge in [-0.15, -0.1) is 0 Å². The second-order valence-corrected chi connectivity index (χ2v) is 5.12. The van der Waals surface area contributed by atoms with Gasteiger partial charge in [0.25, 0.3) is 0 Å². The Kier molecular flexibility index (Phi) is 8.92. The molecule has 0 amide bonds. The molecular weight excluding hydrogens is 244 g/mol. The van der Waals surface area contributed by atoms with Gasteiger partial charge in [-0.05, 0) is 24.7 Å². The zero-order valence-corrected chi connectivity index (χ0v) is 12.5. The van der Waals surface area contributed by atoms with Crippen LogP contribution in [0, 0.1) is 11.8 Å². The zero-order chi connectivity index (χ0) is 14.8. The van der Waals surface area contributed by atoms with Crippen molar-refractivity contribution in [1.82, 2.24) is 0 Å². The first-order chi connectivity index (χ1) is 8.90. The maximum Gasteiger partial charge on any atom is 0.309 e. The molecular formula is C15H26O4. The molecule has 0 aliphatic carbocycles. The molecule has 4 nitrogen and oxygen atoms in total. The summed E-state index contributed by atoms with van der Waals surface area (Å²) in [5, 5.41) is 0. The Morgan fingerprint density at radius 3 is 2.37 bits per heavy atom. The monoisotopic (exact) mass is 270 g/mol. The molecule has 2 atom stereocenters. The summed E-state index contributed by atoms with van der Waals surface area (Å²) < 4.78 is 10.2. The quantitative estimate of drug-likeness (QED) is 0.477. The Labute approximate surface area is 116 Å². The van der Waals surface area contributed by atoms with Crippen LogP contribution in [0.15, 0.2) is 12.7 Å². The normalized spacial score (nSPS) is 13.7. The van der Waals surface area contributed by atoms with Crippen LogP contribution in [0.3, 0.4) is 0 Å². The lowest BCUT2D eigenvalue weighted by atomic mass is 9.88. The largest absolute Gasteiger partial charge is 0.462 e. The van der Waals surface area contributed by atoms with E-state index in [1.165, 1.54) is 13.0 Å². The molecule has 0 aromatic carbocycles. The van der Waals surface area contributed by atoms with E-state index in [0.717, 1.165) is 12.8 Å². The predicted molar refractivity (Wildman–Crippen MR) is 74.6 cm³/mol. The zero-order valence-electron chi connectivity index (χ0n) is 12.5. The SMILES string of the molecule is C=CCOC(=O)C[C@H](OC(C)=O)[C@H](CC)CC(C)C. The molecule has 0 N–H and O–H groups in total. The molecule has 0 bridgehead atoms. The van der Waals surface area contributed by atoms with Crippen LogP contribution in [0.5, 0.6) is 0 Å². The second kappa shape index (κ2) is 9.59. The summed E-state index contributed by atoms with van der Waals surface area (Å²) in [7, 11) is 0. The van der Waals surface area contributed by atoms with Crippen molar-refractivity contribution in [3.63, 3.8) is 0 Å². The first kappa shape index (κ1) is 17.7. The Morgan fingerprint density at radius 1 is 1.32 bits per heavy atom. The number of hydrogen-bond acceptors (Lipinski definition) is 4. The van der Waals surface area contributed by atoms with E-state index in [2.05, 4.69) is 20.4 Å². The van der Waals surface area contributed by atoms with Gasteiger partial charge in [0, 0.05) is 6.92 Å². The van der Waals surface area contributed by atoms with Crippen LogP contribution in [0.1, 0.15) is 47.0 Å². The summed E-state index contributed by atoms with van der Waals surface area (Å²) >= 11 is 0. The molecule has 0 rings (SSSR count). The Hall–Kier alpha value is -1.32. The maximum absolute atomic E-state index is 11.6. The minimum Gasteiger partial charge on any atom is -0.462 e. The summed E-state index contributed by atoms with van der Waals surface area (Å²) in [6.45, 7) is 11.3. The highest BCUT2D eigenvalue weighted by Crippen LogP contribution is 2.24. The standard InChI is InChI=1S/C15H26O4/c1-6-8-18-15(17)10-14(19-12(5)16)13(7-2)9-11(3)4/h6,11,13-14H,1,7-10H2,2-5H3/t13-,14+/m1/s1. The summed E-state index contributed by atoms with van der Waals surface area (Å²) in [5.41, 5.74) is 0. The first-order valence-corrected chi connectivity index (χ1v) is 6.84. The van der Waals surface area contributed by atoms with Crippen molar-refractivity contribution in [2.75, 3.05) is 6.61 Å². The van der Waals surface area contributed by atoms with E-state index in [-0.39, 0.29) is 30.9 Å². The Balaban J connectivity index is 4.62. The summed E-state index contributed by atoms with van der Waals surface area (Å²) in [6.07, 6.45) is 3.01. The molecule has 4 heteroatoms. The second-order valence-electron chi connectivity index (χ2n) is 5.12. The molecule has 0 aromatic rings. The lowest BCUT2D eigenvalue weighted by Gasteiger charge is -2.26. The van der Waals surface area contributed by atoms with Gasteiger partial charge in [-0.3, -0.25) is 9.59 Å². The van der Waals surface area contributed by atoms with Crippen LogP contribution in [-0.2, 0) is 19.1 Å². The molecule has 0 saturated heterocycles. The predicted octanol–water partition coefficient (Wildman–Crippen LogP) is 3.11. The van der Waals surface area contributed by atoms with Crippen LogP contribution in [0.2, 0.25) is 0 Å². The first-order valence-electron chi connectivity index (χ1n) is 6.84. The van der Waals surface area contributed by atoms with Crippen LogP contribution >= 0.6 is 0 Å². The van der Waals surface area contributed by atoms with Crippen molar-refractivity contribution in [3.8, 4) is 0 Å². The molecule has 0 unspecified atom stereocenters. The highest BCUT2D eigenvalue weighted by Gasteiger charge is 2.26.